The summed E-state index contributed by atoms with van der Waals surface area (Å²) in [6.45, 7) is 2.65. The highest BCUT2D eigenvalue weighted by Gasteiger charge is 2.14. The van der Waals surface area contributed by atoms with Crippen LogP contribution in [0.1, 0.15) is 28.6 Å². The summed E-state index contributed by atoms with van der Waals surface area (Å²) in [5.41, 5.74) is 4.42. The molecular formula is C26H21Cl3N2O5. The summed E-state index contributed by atoms with van der Waals surface area (Å²) in [5, 5.41) is 5.96. The number of carbonyl (C=O) groups excluding carboxylic acids is 1. The highest BCUT2D eigenvalue weighted by Crippen LogP contribution is 2.37. The van der Waals surface area contributed by atoms with Crippen molar-refractivity contribution in [1.82, 2.24) is 5.43 Å². The predicted octanol–water partition coefficient (Wildman–Crippen LogP) is 7.14. The smallest absolute Gasteiger partial charge is 0.307 e. The van der Waals surface area contributed by atoms with Gasteiger partial charge in [0, 0.05) is 5.39 Å². The molecule has 1 N–H and O–H groups in total. The molecule has 4 aromatic rings. The summed E-state index contributed by atoms with van der Waals surface area (Å²) in [7, 11) is 1.50. The van der Waals surface area contributed by atoms with Crippen LogP contribution >= 0.6 is 34.8 Å². The van der Waals surface area contributed by atoms with Crippen molar-refractivity contribution in [2.45, 2.75) is 13.5 Å². The van der Waals surface area contributed by atoms with Gasteiger partial charge in [-0.1, -0.05) is 40.9 Å². The maximum atomic E-state index is 12.5. The highest BCUT2D eigenvalue weighted by atomic mass is 35.5. The molecule has 36 heavy (non-hydrogen) atoms. The lowest BCUT2D eigenvalue weighted by Crippen LogP contribution is -2.16. The molecule has 0 aliphatic carbocycles. The number of nitrogens with zero attached hydrogens (tertiary/aromatic N) is 1. The van der Waals surface area contributed by atoms with Crippen molar-refractivity contribution in [3.05, 3.63) is 86.6 Å². The van der Waals surface area contributed by atoms with Crippen LogP contribution in [-0.2, 0) is 6.61 Å². The molecule has 1 aromatic heterocycles. The lowest BCUT2D eigenvalue weighted by atomic mass is 10.2. The molecule has 0 aliphatic rings. The van der Waals surface area contributed by atoms with Crippen molar-refractivity contribution in [3.63, 3.8) is 0 Å². The fourth-order valence-electron chi connectivity index (χ4n) is 3.35. The number of hydrazone groups is 1. The summed E-state index contributed by atoms with van der Waals surface area (Å²) < 4.78 is 22.4. The number of methoxy groups -OCH3 is 1. The van der Waals surface area contributed by atoms with Crippen molar-refractivity contribution in [1.29, 1.82) is 0 Å². The summed E-state index contributed by atoms with van der Waals surface area (Å²) in [4.78, 5) is 12.5. The number of furan rings is 1. The van der Waals surface area contributed by atoms with E-state index in [1.807, 2.05) is 13.0 Å². The fraction of sp³-hybridized carbons (Fsp3) is 0.154. The average Bonchev–Trinajstić information content (AvgIpc) is 3.29. The Labute approximate surface area is 222 Å². The Balaban J connectivity index is 1.43. The molecule has 0 saturated heterocycles. The third-order valence-electron chi connectivity index (χ3n) is 5.02. The van der Waals surface area contributed by atoms with E-state index in [0.717, 1.165) is 10.9 Å². The van der Waals surface area contributed by atoms with Crippen LogP contribution in [0.4, 0.5) is 0 Å². The quantitative estimate of drug-likeness (QED) is 0.178. The zero-order valence-corrected chi connectivity index (χ0v) is 21.6. The zero-order chi connectivity index (χ0) is 25.7. The monoisotopic (exact) mass is 546 g/mol. The molecule has 1 amide bonds. The zero-order valence-electron chi connectivity index (χ0n) is 19.3. The molecule has 4 rings (SSSR count). The van der Waals surface area contributed by atoms with Crippen LogP contribution in [-0.4, -0.2) is 25.8 Å². The summed E-state index contributed by atoms with van der Waals surface area (Å²) in [5.74, 6) is 1.08. The van der Waals surface area contributed by atoms with Gasteiger partial charge in [-0.15, -0.1) is 0 Å². The summed E-state index contributed by atoms with van der Waals surface area (Å²) in [6.07, 6.45) is 1.44. The molecule has 0 saturated carbocycles. The Bertz CT molecular complexity index is 1430. The van der Waals surface area contributed by atoms with Crippen molar-refractivity contribution in [2.75, 3.05) is 13.7 Å². The van der Waals surface area contributed by atoms with Crippen molar-refractivity contribution in [2.24, 2.45) is 5.10 Å². The van der Waals surface area contributed by atoms with E-state index in [4.69, 9.17) is 53.4 Å². The van der Waals surface area contributed by atoms with E-state index in [1.54, 1.807) is 48.5 Å². The van der Waals surface area contributed by atoms with Gasteiger partial charge in [-0.3, -0.25) is 4.79 Å². The molecule has 0 bridgehead atoms. The number of fused-ring (bicyclic) bond motifs is 1. The van der Waals surface area contributed by atoms with Gasteiger partial charge >= 0.3 is 5.91 Å². The van der Waals surface area contributed by atoms with E-state index in [2.05, 4.69) is 10.5 Å². The van der Waals surface area contributed by atoms with Gasteiger partial charge in [0.1, 0.15) is 17.9 Å². The van der Waals surface area contributed by atoms with Crippen molar-refractivity contribution >= 4 is 57.9 Å². The third-order valence-corrected chi connectivity index (χ3v) is 6.04. The number of ether oxygens (including phenoxy) is 3. The average molecular weight is 548 g/mol. The molecule has 0 aliphatic heterocycles. The van der Waals surface area contributed by atoms with Gasteiger partial charge in [0.05, 0.1) is 35.0 Å². The van der Waals surface area contributed by atoms with Gasteiger partial charge in [-0.05, 0) is 66.6 Å². The van der Waals surface area contributed by atoms with Crippen LogP contribution in [0.2, 0.25) is 15.1 Å². The van der Waals surface area contributed by atoms with E-state index in [-0.39, 0.29) is 12.4 Å². The Morgan fingerprint density at radius 2 is 1.83 bits per heavy atom. The van der Waals surface area contributed by atoms with Crippen LogP contribution in [0, 0.1) is 0 Å². The van der Waals surface area contributed by atoms with E-state index in [0.29, 0.717) is 50.1 Å². The molecule has 0 atom stereocenters. The first-order chi connectivity index (χ1) is 17.4. The molecule has 0 spiro atoms. The van der Waals surface area contributed by atoms with Crippen LogP contribution in [0.25, 0.3) is 11.0 Å². The lowest BCUT2D eigenvalue weighted by molar-refractivity contribution is 0.0929. The lowest BCUT2D eigenvalue weighted by Gasteiger charge is -2.13. The molecule has 1 heterocycles. The van der Waals surface area contributed by atoms with E-state index >= 15 is 0 Å². The van der Waals surface area contributed by atoms with Crippen LogP contribution in [0.15, 0.2) is 64.1 Å². The largest absolute Gasteiger partial charge is 0.494 e. The van der Waals surface area contributed by atoms with E-state index in [9.17, 15) is 4.79 Å². The number of amides is 1. The first-order valence-corrected chi connectivity index (χ1v) is 12.0. The van der Waals surface area contributed by atoms with Gasteiger partial charge in [0.25, 0.3) is 0 Å². The number of carbonyl (C=O) groups is 1. The number of halogens is 3. The molecule has 0 radical (unpaired) electrons. The summed E-state index contributed by atoms with van der Waals surface area (Å²) >= 11 is 18.4. The first-order valence-electron chi connectivity index (χ1n) is 10.8. The normalized spacial score (nSPS) is 11.1. The number of hydrogen-bond acceptors (Lipinski definition) is 6. The molecule has 7 nitrogen and oxygen atoms in total. The standard InChI is InChI=1S/C26H21Cl3N2O5/c1-3-34-18-5-7-22-17(11-18)12-24(36-22)26(32)31-30-13-16-9-21(29)25(23(10-16)33-2)35-14-15-4-6-19(27)20(28)8-15/h4-13H,3,14H2,1-2H3,(H,31,32)/b30-13+. The number of rotatable bonds is 9. The Morgan fingerprint density at radius 1 is 1.00 bits per heavy atom. The molecule has 3 aromatic carbocycles. The van der Waals surface area contributed by atoms with E-state index in [1.165, 1.54) is 13.3 Å². The van der Waals surface area contributed by atoms with Crippen LogP contribution in [0.3, 0.4) is 0 Å². The number of nitrogens with one attached hydrogen (secondary N) is 1. The number of benzene rings is 3. The molecule has 0 unspecified atom stereocenters. The van der Waals surface area contributed by atoms with Gasteiger partial charge in [0.15, 0.2) is 17.3 Å². The van der Waals surface area contributed by atoms with Gasteiger partial charge in [0.2, 0.25) is 0 Å². The van der Waals surface area contributed by atoms with Crippen molar-refractivity contribution in [3.8, 4) is 17.2 Å². The third kappa shape index (κ3) is 6.05. The topological polar surface area (TPSA) is 82.3 Å². The van der Waals surface area contributed by atoms with Crippen LogP contribution < -0.4 is 19.6 Å². The molecule has 186 valence electrons. The van der Waals surface area contributed by atoms with Gasteiger partial charge in [-0.2, -0.15) is 5.10 Å². The second-order valence-corrected chi connectivity index (χ2v) is 8.74. The first kappa shape index (κ1) is 25.7. The fourth-order valence-corrected chi connectivity index (χ4v) is 3.94. The Hall–Kier alpha value is -3.39. The SMILES string of the molecule is CCOc1ccc2oc(C(=O)N/N=C/c3cc(Cl)c(OCc4ccc(Cl)c(Cl)c4)c(OC)c3)cc2c1. The Morgan fingerprint density at radius 3 is 2.58 bits per heavy atom. The highest BCUT2D eigenvalue weighted by molar-refractivity contribution is 6.42. The maximum absolute atomic E-state index is 12.5. The minimum Gasteiger partial charge on any atom is -0.494 e. The van der Waals surface area contributed by atoms with Crippen LogP contribution in [0.5, 0.6) is 17.2 Å². The van der Waals surface area contributed by atoms with E-state index < -0.39 is 5.91 Å². The summed E-state index contributed by atoms with van der Waals surface area (Å²) in [6, 6.07) is 15.5. The second kappa shape index (κ2) is 11.6. The minimum absolute atomic E-state index is 0.123. The van der Waals surface area contributed by atoms with Crippen molar-refractivity contribution < 1.29 is 23.4 Å². The molecule has 0 fully saturated rings. The van der Waals surface area contributed by atoms with Gasteiger partial charge < -0.3 is 18.6 Å². The Kier molecular flexibility index (Phi) is 8.25. The molecular weight excluding hydrogens is 527 g/mol. The van der Waals surface area contributed by atoms with Gasteiger partial charge in [-0.25, -0.2) is 5.43 Å². The maximum Gasteiger partial charge on any atom is 0.307 e. The minimum atomic E-state index is -0.500. The second-order valence-electron chi connectivity index (χ2n) is 7.51. The predicted molar refractivity (Wildman–Crippen MR) is 141 cm³/mol. The number of hydrogen-bond donors (Lipinski definition) is 1. The molecule has 10 heteroatoms.